The summed E-state index contributed by atoms with van der Waals surface area (Å²) in [5.41, 5.74) is 1.00. The van der Waals surface area contributed by atoms with Gasteiger partial charge in [0.2, 0.25) is 0 Å². The number of aromatic nitrogens is 2. The number of nitrogens with one attached hydrogen (secondary N) is 1. The van der Waals surface area contributed by atoms with E-state index in [0.29, 0.717) is 0 Å². The maximum Gasteiger partial charge on any atom is 0.137 e. The van der Waals surface area contributed by atoms with Crippen molar-refractivity contribution in [1.82, 2.24) is 9.97 Å². The maximum absolute atomic E-state index is 4.34. The third-order valence-electron chi connectivity index (χ3n) is 3.06. The number of fused-ring (bicyclic) bond motifs is 1. The van der Waals surface area contributed by atoms with Gasteiger partial charge < -0.3 is 5.32 Å². The Morgan fingerprint density at radius 2 is 2.24 bits per heavy atom. The fourth-order valence-corrected chi connectivity index (χ4v) is 3.36. The molecule has 17 heavy (non-hydrogen) atoms. The highest BCUT2D eigenvalue weighted by atomic mass is 32.2. The summed E-state index contributed by atoms with van der Waals surface area (Å²) in [7, 11) is 0. The number of anilines is 1. The Morgan fingerprint density at radius 1 is 1.29 bits per heavy atom. The Bertz CT molecular complexity index is 503. The molecule has 0 amide bonds. The molecule has 1 unspecified atom stereocenters. The SMILES string of the molecule is c1ccc2c(NCC3CCCS3)ncnc2c1. The minimum Gasteiger partial charge on any atom is -0.368 e. The zero-order valence-electron chi connectivity index (χ0n) is 9.60. The number of hydrogen-bond acceptors (Lipinski definition) is 4. The van der Waals surface area contributed by atoms with Gasteiger partial charge in [-0.25, -0.2) is 9.97 Å². The van der Waals surface area contributed by atoms with Crippen molar-refractivity contribution in [2.24, 2.45) is 0 Å². The number of para-hydroxylation sites is 1. The normalized spacial score (nSPS) is 19.6. The molecule has 1 saturated heterocycles. The van der Waals surface area contributed by atoms with Gasteiger partial charge in [-0.15, -0.1) is 0 Å². The molecule has 0 spiro atoms. The first-order valence-corrected chi connectivity index (χ1v) is 7.03. The van der Waals surface area contributed by atoms with Gasteiger partial charge in [0.1, 0.15) is 12.1 Å². The van der Waals surface area contributed by atoms with E-state index in [0.717, 1.165) is 28.5 Å². The molecule has 0 radical (unpaired) electrons. The largest absolute Gasteiger partial charge is 0.368 e. The average Bonchev–Trinajstić information content (AvgIpc) is 2.89. The van der Waals surface area contributed by atoms with Crippen LogP contribution < -0.4 is 5.32 Å². The molecule has 1 aromatic heterocycles. The van der Waals surface area contributed by atoms with E-state index in [1.807, 2.05) is 18.2 Å². The van der Waals surface area contributed by atoms with Crippen LogP contribution in [-0.2, 0) is 0 Å². The summed E-state index contributed by atoms with van der Waals surface area (Å²) in [6, 6.07) is 8.12. The monoisotopic (exact) mass is 245 g/mol. The average molecular weight is 245 g/mol. The van der Waals surface area contributed by atoms with Crippen LogP contribution in [0.2, 0.25) is 0 Å². The summed E-state index contributed by atoms with van der Waals surface area (Å²) in [6.07, 6.45) is 4.30. The fraction of sp³-hybridized carbons (Fsp3) is 0.385. The minimum atomic E-state index is 0.740. The predicted octanol–water partition coefficient (Wildman–Crippen LogP) is 2.94. The zero-order chi connectivity index (χ0) is 11.5. The van der Waals surface area contributed by atoms with Crippen LogP contribution in [-0.4, -0.2) is 27.5 Å². The van der Waals surface area contributed by atoms with Gasteiger partial charge in [-0.05, 0) is 30.7 Å². The van der Waals surface area contributed by atoms with Crippen LogP contribution in [0.25, 0.3) is 10.9 Å². The second-order valence-corrected chi connectivity index (χ2v) is 5.66. The summed E-state index contributed by atoms with van der Waals surface area (Å²) < 4.78 is 0. The minimum absolute atomic E-state index is 0.740. The van der Waals surface area contributed by atoms with Gasteiger partial charge in [0.05, 0.1) is 5.52 Å². The summed E-state index contributed by atoms with van der Waals surface area (Å²) in [5, 5.41) is 5.31. The highest BCUT2D eigenvalue weighted by molar-refractivity contribution is 8.00. The molecule has 4 heteroatoms. The fourth-order valence-electron chi connectivity index (χ4n) is 2.16. The molecule has 1 aliphatic heterocycles. The summed E-state index contributed by atoms with van der Waals surface area (Å²) in [6.45, 7) is 1.01. The molecule has 2 aromatic rings. The third kappa shape index (κ3) is 2.36. The van der Waals surface area contributed by atoms with Gasteiger partial charge in [-0.3, -0.25) is 0 Å². The standard InChI is InChI=1S/C13H15N3S/c1-2-6-12-11(5-1)13(16-9-15-12)14-8-10-4-3-7-17-10/h1-2,5-6,9-10H,3-4,7-8H2,(H,14,15,16). The van der Waals surface area contributed by atoms with E-state index in [1.165, 1.54) is 18.6 Å². The molecular weight excluding hydrogens is 230 g/mol. The summed E-state index contributed by atoms with van der Waals surface area (Å²) in [5.74, 6) is 2.26. The topological polar surface area (TPSA) is 37.8 Å². The highest BCUT2D eigenvalue weighted by Crippen LogP contribution is 2.27. The highest BCUT2D eigenvalue weighted by Gasteiger charge is 2.15. The Kier molecular flexibility index (Phi) is 3.14. The zero-order valence-corrected chi connectivity index (χ0v) is 10.4. The molecule has 88 valence electrons. The van der Waals surface area contributed by atoms with E-state index in [1.54, 1.807) is 6.33 Å². The van der Waals surface area contributed by atoms with Crippen LogP contribution in [0.4, 0.5) is 5.82 Å². The van der Waals surface area contributed by atoms with Crippen molar-refractivity contribution in [2.75, 3.05) is 17.6 Å². The predicted molar refractivity (Wildman–Crippen MR) is 73.5 cm³/mol. The summed E-state index contributed by atoms with van der Waals surface area (Å²) >= 11 is 2.06. The molecule has 3 rings (SSSR count). The molecule has 1 atom stereocenters. The first-order valence-electron chi connectivity index (χ1n) is 5.99. The van der Waals surface area contributed by atoms with Crippen molar-refractivity contribution in [2.45, 2.75) is 18.1 Å². The number of rotatable bonds is 3. The molecule has 0 aliphatic carbocycles. The van der Waals surface area contributed by atoms with Crippen LogP contribution in [0.3, 0.4) is 0 Å². The second kappa shape index (κ2) is 4.92. The first-order chi connectivity index (χ1) is 8.43. The quantitative estimate of drug-likeness (QED) is 0.902. The molecule has 0 saturated carbocycles. The van der Waals surface area contributed by atoms with Crippen LogP contribution in [0.5, 0.6) is 0 Å². The Balaban J connectivity index is 1.79. The van der Waals surface area contributed by atoms with E-state index >= 15 is 0 Å². The molecule has 1 fully saturated rings. The molecule has 0 bridgehead atoms. The van der Waals surface area contributed by atoms with Crippen molar-refractivity contribution in [3.63, 3.8) is 0 Å². The Labute approximate surface area is 105 Å². The maximum atomic E-state index is 4.34. The van der Waals surface area contributed by atoms with Crippen molar-refractivity contribution < 1.29 is 0 Å². The van der Waals surface area contributed by atoms with Crippen LogP contribution in [0, 0.1) is 0 Å². The van der Waals surface area contributed by atoms with E-state index < -0.39 is 0 Å². The number of thioether (sulfide) groups is 1. The first kappa shape index (κ1) is 10.8. The van der Waals surface area contributed by atoms with Gasteiger partial charge in [0.15, 0.2) is 0 Å². The van der Waals surface area contributed by atoms with Crippen molar-refractivity contribution in [3.05, 3.63) is 30.6 Å². The van der Waals surface area contributed by atoms with E-state index in [4.69, 9.17) is 0 Å². The van der Waals surface area contributed by atoms with Crippen LogP contribution in [0.15, 0.2) is 30.6 Å². The van der Waals surface area contributed by atoms with Gasteiger partial charge in [0, 0.05) is 17.2 Å². The van der Waals surface area contributed by atoms with Crippen molar-refractivity contribution in [3.8, 4) is 0 Å². The van der Waals surface area contributed by atoms with Crippen molar-refractivity contribution >= 4 is 28.5 Å². The van der Waals surface area contributed by atoms with Gasteiger partial charge >= 0.3 is 0 Å². The molecular formula is C13H15N3S. The third-order valence-corrected chi connectivity index (χ3v) is 4.46. The lowest BCUT2D eigenvalue weighted by Gasteiger charge is -2.11. The molecule has 1 aromatic carbocycles. The lowest BCUT2D eigenvalue weighted by Crippen LogP contribution is -2.14. The summed E-state index contributed by atoms with van der Waals surface area (Å²) in [4.78, 5) is 8.60. The second-order valence-electron chi connectivity index (χ2n) is 4.26. The van der Waals surface area contributed by atoms with Gasteiger partial charge in [0.25, 0.3) is 0 Å². The smallest absolute Gasteiger partial charge is 0.137 e. The lowest BCUT2D eigenvalue weighted by atomic mass is 10.2. The van der Waals surface area contributed by atoms with Crippen molar-refractivity contribution in [1.29, 1.82) is 0 Å². The van der Waals surface area contributed by atoms with Gasteiger partial charge in [-0.2, -0.15) is 11.8 Å². The number of nitrogens with zero attached hydrogens (tertiary/aromatic N) is 2. The number of benzene rings is 1. The molecule has 1 aliphatic rings. The lowest BCUT2D eigenvalue weighted by molar-refractivity contribution is 0.804. The Morgan fingerprint density at radius 3 is 3.12 bits per heavy atom. The van der Waals surface area contributed by atoms with E-state index in [2.05, 4.69) is 33.1 Å². The van der Waals surface area contributed by atoms with Crippen LogP contribution >= 0.6 is 11.8 Å². The van der Waals surface area contributed by atoms with Gasteiger partial charge in [-0.1, -0.05) is 12.1 Å². The van der Waals surface area contributed by atoms with E-state index in [9.17, 15) is 0 Å². The molecule has 3 nitrogen and oxygen atoms in total. The van der Waals surface area contributed by atoms with Crippen LogP contribution in [0.1, 0.15) is 12.8 Å². The number of hydrogen-bond donors (Lipinski definition) is 1. The Hall–Kier alpha value is -1.29. The molecule has 2 heterocycles. The van der Waals surface area contributed by atoms with E-state index in [-0.39, 0.29) is 0 Å². The molecule has 1 N–H and O–H groups in total.